The molecule has 2 unspecified atom stereocenters. The average Bonchev–Trinajstić information content (AvgIpc) is 3.55. The van der Waals surface area contributed by atoms with Crippen LogP contribution in [0.25, 0.3) is 0 Å². The van der Waals surface area contributed by atoms with Crippen LogP contribution < -0.4 is 22.1 Å². The van der Waals surface area contributed by atoms with Crippen molar-refractivity contribution in [2.45, 2.75) is 36.9 Å². The average molecular weight is 429 g/mol. The lowest BCUT2D eigenvalue weighted by Gasteiger charge is -2.33. The van der Waals surface area contributed by atoms with Gasteiger partial charge in [-0.05, 0) is 28.7 Å². The highest BCUT2D eigenvalue weighted by molar-refractivity contribution is 5.91. The molecule has 6 nitrogen and oxygen atoms in total. The summed E-state index contributed by atoms with van der Waals surface area (Å²) in [4.78, 5) is 25.8. The van der Waals surface area contributed by atoms with Crippen LogP contribution in [-0.4, -0.2) is 18.0 Å². The Kier molecular flexibility index (Phi) is 6.23. The second kappa shape index (κ2) is 9.24. The number of hydrogen-bond donors (Lipinski definition) is 4. The third kappa shape index (κ3) is 4.81. The Morgan fingerprint density at radius 3 is 1.97 bits per heavy atom. The van der Waals surface area contributed by atoms with Crippen molar-refractivity contribution in [2.75, 3.05) is 0 Å². The number of primary amides is 1. The summed E-state index contributed by atoms with van der Waals surface area (Å²) in [5, 5.41) is 5.72. The Morgan fingerprint density at radius 1 is 0.875 bits per heavy atom. The van der Waals surface area contributed by atoms with Crippen LogP contribution >= 0.6 is 0 Å². The molecular weight excluding hydrogens is 400 g/mol. The van der Waals surface area contributed by atoms with Crippen LogP contribution in [0.5, 0.6) is 0 Å². The topological polar surface area (TPSA) is 110 Å². The number of nitrogens with one attached hydrogen (secondary N) is 2. The van der Waals surface area contributed by atoms with E-state index >= 15 is 0 Å². The molecule has 32 heavy (non-hydrogen) atoms. The summed E-state index contributed by atoms with van der Waals surface area (Å²) in [6.07, 6.45) is 1.20. The molecule has 3 aromatic rings. The van der Waals surface area contributed by atoms with Gasteiger partial charge in [-0.2, -0.15) is 0 Å². The van der Waals surface area contributed by atoms with Gasteiger partial charge in [0.05, 0.1) is 0 Å². The maximum absolute atomic E-state index is 12.9. The van der Waals surface area contributed by atoms with Gasteiger partial charge in [-0.15, -0.1) is 0 Å². The van der Waals surface area contributed by atoms with E-state index < -0.39 is 17.5 Å². The molecule has 3 atom stereocenters. The largest absolute Gasteiger partial charge is 0.367 e. The second-order valence-electron chi connectivity index (χ2n) is 8.35. The second-order valence-corrected chi connectivity index (χ2v) is 8.35. The fraction of sp³-hybridized carbons (Fsp3) is 0.231. The molecule has 1 fully saturated rings. The van der Waals surface area contributed by atoms with E-state index in [1.807, 2.05) is 84.9 Å². The Balaban J connectivity index is 1.61. The van der Waals surface area contributed by atoms with Crippen LogP contribution in [-0.2, 0) is 23.3 Å². The van der Waals surface area contributed by atoms with Gasteiger partial charge in [0.1, 0.15) is 5.54 Å². The van der Waals surface area contributed by atoms with Crippen LogP contribution in [0, 0.1) is 0 Å². The predicted octanol–water partition coefficient (Wildman–Crippen LogP) is 2.92. The number of urea groups is 1. The molecule has 0 spiro atoms. The van der Waals surface area contributed by atoms with E-state index in [2.05, 4.69) is 10.6 Å². The summed E-state index contributed by atoms with van der Waals surface area (Å²) >= 11 is 0. The van der Waals surface area contributed by atoms with Crippen molar-refractivity contribution in [1.82, 2.24) is 10.6 Å². The number of hydrogen-bond acceptors (Lipinski definition) is 3. The summed E-state index contributed by atoms with van der Waals surface area (Å²) < 4.78 is 0. The molecule has 0 bridgehead atoms. The van der Waals surface area contributed by atoms with Gasteiger partial charge in [-0.25, -0.2) is 4.79 Å². The fourth-order valence-corrected chi connectivity index (χ4v) is 4.04. The smallest absolute Gasteiger partial charge is 0.316 e. The van der Waals surface area contributed by atoms with Crippen molar-refractivity contribution in [1.29, 1.82) is 0 Å². The number of nitrogens with two attached hydrogens (primary N) is 2. The highest BCUT2D eigenvalue weighted by Gasteiger charge is 2.41. The monoisotopic (exact) mass is 428 g/mol. The highest BCUT2D eigenvalue weighted by Crippen LogP contribution is 2.39. The SMILES string of the molecule is NC(=O)[C@](Cc1ccccc1)(NC(=O)NCc1ccccc1)c1ccc(C2CC2N)cc1. The first-order chi connectivity index (χ1) is 15.5. The first-order valence-electron chi connectivity index (χ1n) is 10.8. The number of carbonyl (C=O) groups is 2. The standard InChI is InChI=1S/C26H28N4O2/c27-23-15-22(23)20-11-13-21(14-12-20)26(24(28)31,16-18-7-3-1-4-8-18)30-25(32)29-17-19-9-5-2-6-10-19/h1-14,22-23H,15-17,27H2,(H2,28,31)(H2,29,30,32)/t22?,23?,26-/m1/s1. The molecule has 0 heterocycles. The minimum absolute atomic E-state index is 0.188. The Morgan fingerprint density at radius 2 is 1.44 bits per heavy atom. The zero-order valence-corrected chi connectivity index (χ0v) is 17.8. The molecule has 3 amide bonds. The molecule has 3 aromatic carbocycles. The van der Waals surface area contributed by atoms with Crippen molar-refractivity contribution in [3.63, 3.8) is 0 Å². The van der Waals surface area contributed by atoms with E-state index in [9.17, 15) is 9.59 Å². The maximum atomic E-state index is 12.9. The zero-order valence-electron chi connectivity index (χ0n) is 17.8. The minimum atomic E-state index is -1.40. The van der Waals surface area contributed by atoms with Crippen LogP contribution in [0.15, 0.2) is 84.9 Å². The van der Waals surface area contributed by atoms with Crippen molar-refractivity contribution >= 4 is 11.9 Å². The van der Waals surface area contributed by atoms with Crippen LogP contribution in [0.3, 0.4) is 0 Å². The quantitative estimate of drug-likeness (QED) is 0.443. The van der Waals surface area contributed by atoms with Crippen molar-refractivity contribution in [3.05, 3.63) is 107 Å². The molecular formula is C26H28N4O2. The molecule has 0 aromatic heterocycles. The lowest BCUT2D eigenvalue weighted by Crippen LogP contribution is -2.58. The normalized spacial score (nSPS) is 18.9. The van der Waals surface area contributed by atoms with Crippen LogP contribution in [0.2, 0.25) is 0 Å². The van der Waals surface area contributed by atoms with Gasteiger partial charge in [-0.3, -0.25) is 4.79 Å². The first kappa shape index (κ1) is 21.6. The third-order valence-electron chi connectivity index (χ3n) is 6.03. The summed E-state index contributed by atoms with van der Waals surface area (Å²) in [5.74, 6) is -0.268. The van der Waals surface area contributed by atoms with Gasteiger partial charge in [0.2, 0.25) is 5.91 Å². The Labute approximate surface area is 188 Å². The van der Waals surface area contributed by atoms with E-state index in [1.165, 1.54) is 0 Å². The van der Waals surface area contributed by atoms with Crippen molar-refractivity contribution in [2.24, 2.45) is 11.5 Å². The minimum Gasteiger partial charge on any atom is -0.367 e. The van der Waals surface area contributed by atoms with Gasteiger partial charge >= 0.3 is 6.03 Å². The Bertz CT molecular complexity index is 1070. The summed E-state index contributed by atoms with van der Waals surface area (Å²) in [6, 6.07) is 26.5. The molecule has 0 radical (unpaired) electrons. The van der Waals surface area contributed by atoms with E-state index in [4.69, 9.17) is 11.5 Å². The lowest BCUT2D eigenvalue weighted by atomic mass is 9.82. The third-order valence-corrected chi connectivity index (χ3v) is 6.03. The molecule has 164 valence electrons. The molecule has 1 aliphatic carbocycles. The van der Waals surface area contributed by atoms with Crippen LogP contribution in [0.1, 0.15) is 34.6 Å². The fourth-order valence-electron chi connectivity index (χ4n) is 4.04. The van der Waals surface area contributed by atoms with Crippen LogP contribution in [0.4, 0.5) is 4.79 Å². The predicted molar refractivity (Wildman–Crippen MR) is 125 cm³/mol. The summed E-state index contributed by atoms with van der Waals surface area (Å²) in [7, 11) is 0. The Hall–Kier alpha value is -3.64. The van der Waals surface area contributed by atoms with E-state index in [-0.39, 0.29) is 12.5 Å². The first-order valence-corrected chi connectivity index (χ1v) is 10.8. The maximum Gasteiger partial charge on any atom is 0.316 e. The van der Waals surface area contributed by atoms with Gasteiger partial charge in [-0.1, -0.05) is 84.9 Å². The molecule has 0 saturated heterocycles. The molecule has 6 N–H and O–H groups in total. The molecule has 1 aliphatic rings. The van der Waals surface area contributed by atoms with E-state index in [1.54, 1.807) is 0 Å². The molecule has 1 saturated carbocycles. The van der Waals surface area contributed by atoms with Gasteiger partial charge < -0.3 is 22.1 Å². The van der Waals surface area contributed by atoms with E-state index in [0.29, 0.717) is 18.0 Å². The number of carbonyl (C=O) groups excluding carboxylic acids is 2. The number of amides is 3. The van der Waals surface area contributed by atoms with Crippen molar-refractivity contribution in [3.8, 4) is 0 Å². The van der Waals surface area contributed by atoms with E-state index in [0.717, 1.165) is 23.1 Å². The van der Waals surface area contributed by atoms with Gasteiger partial charge in [0.15, 0.2) is 0 Å². The zero-order chi connectivity index (χ0) is 22.6. The van der Waals surface area contributed by atoms with Crippen molar-refractivity contribution < 1.29 is 9.59 Å². The number of benzene rings is 3. The molecule has 4 rings (SSSR count). The summed E-state index contributed by atoms with van der Waals surface area (Å²) in [5.41, 5.74) is 14.1. The number of rotatable bonds is 8. The molecule has 6 heteroatoms. The summed E-state index contributed by atoms with van der Waals surface area (Å²) in [6.45, 7) is 0.339. The highest BCUT2D eigenvalue weighted by atomic mass is 16.2. The molecule has 0 aliphatic heterocycles. The van der Waals surface area contributed by atoms with Gasteiger partial charge in [0.25, 0.3) is 0 Å². The lowest BCUT2D eigenvalue weighted by molar-refractivity contribution is -0.124. The van der Waals surface area contributed by atoms with Gasteiger partial charge in [0, 0.05) is 24.9 Å².